The Hall–Kier alpha value is -2.00. The van der Waals surface area contributed by atoms with Gasteiger partial charge in [0, 0.05) is 5.92 Å². The van der Waals surface area contributed by atoms with Gasteiger partial charge in [-0.1, -0.05) is 56.0 Å². The number of fused-ring (bicyclic) bond motifs is 3. The smallest absolute Gasteiger partial charge is 0.145 e. The van der Waals surface area contributed by atoms with E-state index in [0.29, 0.717) is 11.5 Å². The van der Waals surface area contributed by atoms with Crippen LogP contribution in [0.25, 0.3) is 10.8 Å². The molecule has 0 saturated carbocycles. The molecule has 2 atom stereocenters. The van der Waals surface area contributed by atoms with Crippen molar-refractivity contribution in [3.05, 3.63) is 81.6 Å². The summed E-state index contributed by atoms with van der Waals surface area (Å²) in [5.74, 6) is -1.55. The third kappa shape index (κ3) is 3.90. The van der Waals surface area contributed by atoms with Crippen LogP contribution in [0.5, 0.6) is 0 Å². The van der Waals surface area contributed by atoms with E-state index in [1.54, 1.807) is 12.1 Å². The monoisotopic (exact) mass is 416 g/mol. The highest BCUT2D eigenvalue weighted by Crippen LogP contribution is 2.46. The van der Waals surface area contributed by atoms with Gasteiger partial charge in [0.05, 0.1) is 0 Å². The van der Waals surface area contributed by atoms with Gasteiger partial charge in [-0.2, -0.15) is 0 Å². The van der Waals surface area contributed by atoms with Crippen molar-refractivity contribution in [2.24, 2.45) is 5.92 Å². The van der Waals surface area contributed by atoms with Gasteiger partial charge in [0.2, 0.25) is 0 Å². The zero-order valence-electron chi connectivity index (χ0n) is 16.5. The maximum absolute atomic E-state index is 14.3. The molecule has 0 radical (unpaired) electrons. The molecule has 0 nitrogen and oxygen atoms in total. The van der Waals surface area contributed by atoms with E-state index in [1.807, 2.05) is 6.07 Å². The molecule has 0 saturated heterocycles. The van der Waals surface area contributed by atoms with Crippen LogP contribution < -0.4 is 0 Å². The number of halogens is 4. The normalized spacial score (nSPS) is 18.8. The van der Waals surface area contributed by atoms with Gasteiger partial charge in [0.1, 0.15) is 22.5 Å². The lowest BCUT2D eigenvalue weighted by Gasteiger charge is -2.35. The molecule has 0 amide bonds. The first-order valence-corrected chi connectivity index (χ1v) is 10.7. The highest BCUT2D eigenvalue weighted by Gasteiger charge is 2.32. The Kier molecular flexibility index (Phi) is 5.87. The maximum atomic E-state index is 14.3. The lowest BCUT2D eigenvalue weighted by Crippen LogP contribution is -2.22. The van der Waals surface area contributed by atoms with Crippen LogP contribution in [-0.4, -0.2) is 0 Å². The Labute approximate surface area is 174 Å². The lowest BCUT2D eigenvalue weighted by molar-refractivity contribution is 0.368. The average Bonchev–Trinajstić information content (AvgIpc) is 2.71. The summed E-state index contributed by atoms with van der Waals surface area (Å²) in [5, 5.41) is 1.42. The molecule has 3 aromatic rings. The first-order chi connectivity index (χ1) is 14.0. The van der Waals surface area contributed by atoms with Gasteiger partial charge in [-0.25, -0.2) is 13.2 Å². The molecule has 4 rings (SSSR count). The van der Waals surface area contributed by atoms with Gasteiger partial charge in [-0.05, 0) is 76.9 Å². The predicted molar refractivity (Wildman–Crippen MR) is 113 cm³/mol. The molecule has 0 fully saturated rings. The zero-order chi connectivity index (χ0) is 20.5. The summed E-state index contributed by atoms with van der Waals surface area (Å²) in [7, 11) is 0. The standard InChI is InChI=1S/C25H24ClF3/c1-2-3-4-5-16-8-10-19-20(11-7-15-6-9-18(27)14-21(15)19)24(16)17-12-22(28)25(26)23(29)13-17/h6-7,9,11-14,16,24H,2-5,8,10H2,1H3/t16-,24-/m1/s1. The fraction of sp³-hybridized carbons (Fsp3) is 0.360. The van der Waals surface area contributed by atoms with Crippen LogP contribution in [0.2, 0.25) is 5.02 Å². The average molecular weight is 417 g/mol. The Balaban J connectivity index is 1.86. The van der Waals surface area contributed by atoms with Crippen molar-refractivity contribution in [3.8, 4) is 0 Å². The molecule has 0 N–H and O–H groups in total. The molecule has 0 bridgehead atoms. The number of hydrogen-bond donors (Lipinski definition) is 0. The van der Waals surface area contributed by atoms with E-state index in [1.165, 1.54) is 18.2 Å². The SMILES string of the molecule is CCCCC[C@@H]1CCc2c(ccc3ccc(F)cc23)[C@H]1c1cc(F)c(Cl)c(F)c1. The molecule has 0 unspecified atom stereocenters. The van der Waals surface area contributed by atoms with E-state index in [4.69, 9.17) is 11.6 Å². The fourth-order valence-corrected chi connectivity index (χ4v) is 4.97. The van der Waals surface area contributed by atoms with E-state index < -0.39 is 16.7 Å². The second-order valence-electron chi connectivity index (χ2n) is 8.07. The third-order valence-electron chi connectivity index (χ3n) is 6.25. The van der Waals surface area contributed by atoms with Gasteiger partial charge in [-0.15, -0.1) is 0 Å². The van der Waals surface area contributed by atoms with Gasteiger partial charge >= 0.3 is 0 Å². The summed E-state index contributed by atoms with van der Waals surface area (Å²) in [5.41, 5.74) is 2.76. The molecule has 0 aromatic heterocycles. The van der Waals surface area contributed by atoms with Crippen LogP contribution >= 0.6 is 11.6 Å². The summed E-state index contributed by atoms with van der Waals surface area (Å²) in [6.07, 6.45) is 6.13. The van der Waals surface area contributed by atoms with Gasteiger partial charge in [0.25, 0.3) is 0 Å². The lowest BCUT2D eigenvalue weighted by atomic mass is 9.69. The molecule has 0 aliphatic heterocycles. The molecule has 29 heavy (non-hydrogen) atoms. The summed E-state index contributed by atoms with van der Waals surface area (Å²) < 4.78 is 42.5. The number of rotatable bonds is 5. The third-order valence-corrected chi connectivity index (χ3v) is 6.61. The second-order valence-corrected chi connectivity index (χ2v) is 8.45. The number of benzene rings is 3. The number of unbranched alkanes of at least 4 members (excludes halogenated alkanes) is 2. The molecule has 4 heteroatoms. The summed E-state index contributed by atoms with van der Waals surface area (Å²) in [4.78, 5) is 0. The van der Waals surface area contributed by atoms with E-state index in [0.717, 1.165) is 60.4 Å². The Bertz CT molecular complexity index is 1020. The largest absolute Gasteiger partial charge is 0.207 e. The zero-order valence-corrected chi connectivity index (χ0v) is 17.2. The molecular formula is C25H24ClF3. The van der Waals surface area contributed by atoms with Gasteiger partial charge < -0.3 is 0 Å². The van der Waals surface area contributed by atoms with Crippen molar-refractivity contribution in [2.75, 3.05) is 0 Å². The van der Waals surface area contributed by atoms with Crippen LogP contribution in [0.3, 0.4) is 0 Å². The minimum atomic E-state index is -0.729. The van der Waals surface area contributed by atoms with Gasteiger partial charge in [0.15, 0.2) is 0 Å². The molecule has 0 heterocycles. The van der Waals surface area contributed by atoms with Crippen molar-refractivity contribution in [1.29, 1.82) is 0 Å². The Morgan fingerprint density at radius 3 is 2.41 bits per heavy atom. The Morgan fingerprint density at radius 2 is 1.69 bits per heavy atom. The number of aryl methyl sites for hydroxylation is 1. The van der Waals surface area contributed by atoms with E-state index in [-0.39, 0.29) is 11.7 Å². The quantitative estimate of drug-likeness (QED) is 0.290. The molecule has 152 valence electrons. The van der Waals surface area contributed by atoms with Crippen molar-refractivity contribution >= 4 is 22.4 Å². The summed E-state index contributed by atoms with van der Waals surface area (Å²) >= 11 is 5.73. The first kappa shape index (κ1) is 20.3. The summed E-state index contributed by atoms with van der Waals surface area (Å²) in [6.45, 7) is 2.16. The highest BCUT2D eigenvalue weighted by molar-refractivity contribution is 6.30. The van der Waals surface area contributed by atoms with Crippen molar-refractivity contribution < 1.29 is 13.2 Å². The first-order valence-electron chi connectivity index (χ1n) is 10.3. The molecule has 3 aromatic carbocycles. The van der Waals surface area contributed by atoms with E-state index in [9.17, 15) is 13.2 Å². The maximum Gasteiger partial charge on any atom is 0.145 e. The topological polar surface area (TPSA) is 0 Å². The van der Waals surface area contributed by atoms with Crippen LogP contribution in [0.4, 0.5) is 13.2 Å². The highest BCUT2D eigenvalue weighted by atomic mass is 35.5. The van der Waals surface area contributed by atoms with Gasteiger partial charge in [-0.3, -0.25) is 0 Å². The number of hydrogen-bond acceptors (Lipinski definition) is 0. The Morgan fingerprint density at radius 1 is 0.966 bits per heavy atom. The van der Waals surface area contributed by atoms with Crippen LogP contribution in [0.1, 0.15) is 61.6 Å². The van der Waals surface area contributed by atoms with E-state index >= 15 is 0 Å². The molecule has 1 aliphatic rings. The molecule has 0 spiro atoms. The molecule has 1 aliphatic carbocycles. The van der Waals surface area contributed by atoms with Crippen LogP contribution in [0.15, 0.2) is 42.5 Å². The fourth-order valence-electron chi connectivity index (χ4n) is 4.87. The van der Waals surface area contributed by atoms with Crippen molar-refractivity contribution in [2.45, 2.75) is 51.4 Å². The minimum absolute atomic E-state index is 0.121. The van der Waals surface area contributed by atoms with Crippen molar-refractivity contribution in [3.63, 3.8) is 0 Å². The predicted octanol–water partition coefficient (Wildman–Crippen LogP) is 8.19. The minimum Gasteiger partial charge on any atom is -0.207 e. The second kappa shape index (κ2) is 8.39. The van der Waals surface area contributed by atoms with Crippen LogP contribution in [-0.2, 0) is 6.42 Å². The van der Waals surface area contributed by atoms with E-state index in [2.05, 4.69) is 13.0 Å². The molecular weight excluding hydrogens is 393 g/mol. The van der Waals surface area contributed by atoms with Crippen LogP contribution in [0, 0.1) is 23.4 Å². The van der Waals surface area contributed by atoms with Crippen molar-refractivity contribution in [1.82, 2.24) is 0 Å². The summed E-state index contributed by atoms with van der Waals surface area (Å²) in [6, 6.07) is 11.6.